The maximum atomic E-state index is 4.83. The summed E-state index contributed by atoms with van der Waals surface area (Å²) in [5.41, 5.74) is 4.12. The Balaban J connectivity index is 1.74. The molecule has 1 aromatic heterocycles. The molecule has 0 atom stereocenters. The lowest BCUT2D eigenvalue weighted by molar-refractivity contribution is 0.427. The van der Waals surface area contributed by atoms with Crippen LogP contribution in [0.5, 0.6) is 0 Å². The van der Waals surface area contributed by atoms with E-state index in [1.165, 1.54) is 29.7 Å². The highest BCUT2D eigenvalue weighted by Crippen LogP contribution is 2.41. The standard InChI is InChI=1S/C20H26N4/c1-4-21-19-22-17(14-9-10-14)11-18(23-19)24-13-16-8-6-5-7-15(16)12-20(24,2)3/h5-8,11,14H,4,9-10,12-13H2,1-3H3,(H,21,22,23). The van der Waals surface area contributed by atoms with Crippen LogP contribution in [0.25, 0.3) is 0 Å². The van der Waals surface area contributed by atoms with Gasteiger partial charge in [-0.2, -0.15) is 4.98 Å². The normalized spacial score (nSPS) is 19.0. The minimum Gasteiger partial charge on any atom is -0.354 e. The van der Waals surface area contributed by atoms with Gasteiger partial charge in [0.25, 0.3) is 0 Å². The summed E-state index contributed by atoms with van der Waals surface area (Å²) in [7, 11) is 0. The lowest BCUT2D eigenvalue weighted by atomic mass is 9.85. The van der Waals surface area contributed by atoms with Crippen LogP contribution in [0, 0.1) is 0 Å². The minimum atomic E-state index is 0.0486. The highest BCUT2D eigenvalue weighted by Gasteiger charge is 2.35. The number of benzene rings is 1. The van der Waals surface area contributed by atoms with Crippen LogP contribution in [-0.4, -0.2) is 22.1 Å². The number of rotatable bonds is 4. The number of aromatic nitrogens is 2. The molecule has 0 spiro atoms. The molecule has 24 heavy (non-hydrogen) atoms. The topological polar surface area (TPSA) is 41.1 Å². The first kappa shape index (κ1) is 15.4. The minimum absolute atomic E-state index is 0.0486. The van der Waals surface area contributed by atoms with Crippen LogP contribution in [0.1, 0.15) is 56.4 Å². The summed E-state index contributed by atoms with van der Waals surface area (Å²) in [5.74, 6) is 2.46. The van der Waals surface area contributed by atoms with Gasteiger partial charge < -0.3 is 10.2 Å². The lowest BCUT2D eigenvalue weighted by Crippen LogP contribution is -2.49. The first-order valence-corrected chi connectivity index (χ1v) is 9.04. The van der Waals surface area contributed by atoms with Crippen LogP contribution >= 0.6 is 0 Å². The molecule has 1 aromatic carbocycles. The third-order valence-electron chi connectivity index (χ3n) is 5.14. The molecule has 4 rings (SSSR count). The molecule has 0 saturated heterocycles. The van der Waals surface area contributed by atoms with E-state index in [9.17, 15) is 0 Å². The SMILES string of the molecule is CCNc1nc(C2CC2)cc(N2Cc3ccccc3CC2(C)C)n1. The van der Waals surface area contributed by atoms with E-state index < -0.39 is 0 Å². The lowest BCUT2D eigenvalue weighted by Gasteiger charge is -2.44. The van der Waals surface area contributed by atoms with Crippen LogP contribution in [0.4, 0.5) is 11.8 Å². The molecular formula is C20H26N4. The van der Waals surface area contributed by atoms with E-state index in [-0.39, 0.29) is 5.54 Å². The molecule has 0 unspecified atom stereocenters. The van der Waals surface area contributed by atoms with E-state index >= 15 is 0 Å². The van der Waals surface area contributed by atoms with Gasteiger partial charge in [0.15, 0.2) is 0 Å². The zero-order valence-electron chi connectivity index (χ0n) is 14.8. The third kappa shape index (κ3) is 2.85. The number of nitrogens with one attached hydrogen (secondary N) is 1. The predicted molar refractivity (Wildman–Crippen MR) is 98.6 cm³/mol. The fraction of sp³-hybridized carbons (Fsp3) is 0.500. The van der Waals surface area contributed by atoms with Crippen molar-refractivity contribution in [1.82, 2.24) is 9.97 Å². The molecule has 1 aliphatic carbocycles. The Morgan fingerprint density at radius 1 is 1.17 bits per heavy atom. The Labute approximate surface area is 144 Å². The van der Waals surface area contributed by atoms with Gasteiger partial charge in [0.2, 0.25) is 5.95 Å². The van der Waals surface area contributed by atoms with Gasteiger partial charge in [-0.3, -0.25) is 0 Å². The molecule has 1 aliphatic heterocycles. The van der Waals surface area contributed by atoms with Crippen LogP contribution in [0.15, 0.2) is 30.3 Å². The molecule has 4 heteroatoms. The average Bonchev–Trinajstić information content (AvgIpc) is 3.38. The Morgan fingerprint density at radius 3 is 2.62 bits per heavy atom. The van der Waals surface area contributed by atoms with Gasteiger partial charge in [-0.05, 0) is 51.2 Å². The monoisotopic (exact) mass is 322 g/mol. The van der Waals surface area contributed by atoms with Gasteiger partial charge in [-0.1, -0.05) is 24.3 Å². The van der Waals surface area contributed by atoms with Crippen molar-refractivity contribution >= 4 is 11.8 Å². The molecule has 1 N–H and O–H groups in total. The number of hydrogen-bond donors (Lipinski definition) is 1. The predicted octanol–water partition coefficient (Wildman–Crippen LogP) is 4.13. The van der Waals surface area contributed by atoms with Crippen LogP contribution in [0.3, 0.4) is 0 Å². The van der Waals surface area contributed by atoms with Gasteiger partial charge in [-0.25, -0.2) is 4.98 Å². The molecule has 2 heterocycles. The van der Waals surface area contributed by atoms with Crippen molar-refractivity contribution in [3.63, 3.8) is 0 Å². The Hall–Kier alpha value is -2.10. The summed E-state index contributed by atoms with van der Waals surface area (Å²) >= 11 is 0. The van der Waals surface area contributed by atoms with E-state index in [1.54, 1.807) is 0 Å². The van der Waals surface area contributed by atoms with Crippen molar-refractivity contribution in [3.8, 4) is 0 Å². The van der Waals surface area contributed by atoms with Crippen molar-refractivity contribution in [2.75, 3.05) is 16.8 Å². The van der Waals surface area contributed by atoms with Crippen molar-refractivity contribution in [3.05, 3.63) is 47.2 Å². The number of anilines is 2. The molecular weight excluding hydrogens is 296 g/mol. The average molecular weight is 322 g/mol. The fourth-order valence-corrected chi connectivity index (χ4v) is 3.64. The molecule has 0 bridgehead atoms. The number of fused-ring (bicyclic) bond motifs is 1. The Bertz CT molecular complexity index is 749. The molecule has 4 nitrogen and oxygen atoms in total. The second kappa shape index (κ2) is 5.76. The summed E-state index contributed by atoms with van der Waals surface area (Å²) < 4.78 is 0. The maximum Gasteiger partial charge on any atom is 0.224 e. The smallest absolute Gasteiger partial charge is 0.224 e. The second-order valence-corrected chi connectivity index (χ2v) is 7.62. The number of hydrogen-bond acceptors (Lipinski definition) is 4. The fourth-order valence-electron chi connectivity index (χ4n) is 3.64. The molecule has 2 aromatic rings. The Morgan fingerprint density at radius 2 is 1.92 bits per heavy atom. The quantitative estimate of drug-likeness (QED) is 0.919. The third-order valence-corrected chi connectivity index (χ3v) is 5.14. The van der Waals surface area contributed by atoms with Gasteiger partial charge in [0, 0.05) is 30.6 Å². The van der Waals surface area contributed by atoms with Gasteiger partial charge in [-0.15, -0.1) is 0 Å². The molecule has 0 amide bonds. The van der Waals surface area contributed by atoms with Crippen molar-refractivity contribution < 1.29 is 0 Å². The van der Waals surface area contributed by atoms with E-state index in [0.717, 1.165) is 31.3 Å². The van der Waals surface area contributed by atoms with E-state index in [0.29, 0.717) is 5.92 Å². The largest absolute Gasteiger partial charge is 0.354 e. The van der Waals surface area contributed by atoms with E-state index in [1.807, 2.05) is 0 Å². The summed E-state index contributed by atoms with van der Waals surface area (Å²) in [6, 6.07) is 11.0. The van der Waals surface area contributed by atoms with Gasteiger partial charge >= 0.3 is 0 Å². The van der Waals surface area contributed by atoms with Crippen LogP contribution < -0.4 is 10.2 Å². The summed E-state index contributed by atoms with van der Waals surface area (Å²) in [5, 5.41) is 3.31. The van der Waals surface area contributed by atoms with Crippen molar-refractivity contribution in [2.24, 2.45) is 0 Å². The summed E-state index contributed by atoms with van der Waals surface area (Å²) in [6.07, 6.45) is 3.56. The zero-order valence-corrected chi connectivity index (χ0v) is 14.8. The Kier molecular flexibility index (Phi) is 3.70. The maximum absolute atomic E-state index is 4.83. The zero-order chi connectivity index (χ0) is 16.7. The highest BCUT2D eigenvalue weighted by molar-refractivity contribution is 5.52. The molecule has 2 aliphatic rings. The summed E-state index contributed by atoms with van der Waals surface area (Å²) in [6.45, 7) is 8.48. The first-order chi connectivity index (χ1) is 11.6. The first-order valence-electron chi connectivity index (χ1n) is 9.04. The second-order valence-electron chi connectivity index (χ2n) is 7.62. The summed E-state index contributed by atoms with van der Waals surface area (Å²) in [4.78, 5) is 12.0. The molecule has 1 fully saturated rings. The number of nitrogens with zero attached hydrogens (tertiary/aromatic N) is 3. The van der Waals surface area contributed by atoms with E-state index in [4.69, 9.17) is 9.97 Å². The van der Waals surface area contributed by atoms with Crippen LogP contribution in [0.2, 0.25) is 0 Å². The van der Waals surface area contributed by atoms with E-state index in [2.05, 4.69) is 61.3 Å². The molecule has 0 radical (unpaired) electrons. The van der Waals surface area contributed by atoms with Gasteiger partial charge in [0.1, 0.15) is 5.82 Å². The molecule has 126 valence electrons. The van der Waals surface area contributed by atoms with Crippen molar-refractivity contribution in [2.45, 2.75) is 58.0 Å². The highest BCUT2D eigenvalue weighted by atomic mass is 15.3. The van der Waals surface area contributed by atoms with Crippen molar-refractivity contribution in [1.29, 1.82) is 0 Å². The van der Waals surface area contributed by atoms with Crippen LogP contribution in [-0.2, 0) is 13.0 Å². The van der Waals surface area contributed by atoms with Gasteiger partial charge in [0.05, 0.1) is 5.69 Å². The molecule has 1 saturated carbocycles.